The van der Waals surface area contributed by atoms with Crippen molar-refractivity contribution < 1.29 is 9.53 Å². The van der Waals surface area contributed by atoms with Crippen LogP contribution in [0.5, 0.6) is 0 Å². The summed E-state index contributed by atoms with van der Waals surface area (Å²) in [4.78, 5) is 23.6. The molecule has 0 saturated heterocycles. The Morgan fingerprint density at radius 1 is 1.46 bits per heavy atom. The monoisotopic (exact) mass is 333 g/mol. The topological polar surface area (TPSA) is 73.2 Å². The molecule has 3 saturated carbocycles. The van der Waals surface area contributed by atoms with Crippen molar-refractivity contribution in [1.29, 1.82) is 0 Å². The molecule has 1 N–H and O–H groups in total. The van der Waals surface area contributed by atoms with Crippen molar-refractivity contribution in [3.8, 4) is 0 Å². The van der Waals surface area contributed by atoms with Crippen LogP contribution in [0, 0.1) is 23.2 Å². The van der Waals surface area contributed by atoms with E-state index in [1.165, 1.54) is 12.5 Å². The molecular weight excluding hydrogens is 306 g/mol. The van der Waals surface area contributed by atoms with E-state index in [-0.39, 0.29) is 12.1 Å². The van der Waals surface area contributed by atoms with Crippen molar-refractivity contribution in [2.75, 3.05) is 11.9 Å². The van der Waals surface area contributed by atoms with Crippen molar-refractivity contribution in [3.63, 3.8) is 0 Å². The SMILES string of the molecule is CCOC(=O)Cn1ncc(N[C@@H]2C[C@@H]3C[C@H](C2C)C3(C)C)cc1=O. The van der Waals surface area contributed by atoms with Gasteiger partial charge in [-0.05, 0) is 42.9 Å². The number of nitrogens with one attached hydrogen (secondary N) is 1. The molecule has 132 valence electrons. The Morgan fingerprint density at radius 3 is 2.79 bits per heavy atom. The van der Waals surface area contributed by atoms with E-state index in [2.05, 4.69) is 31.2 Å². The fraction of sp³-hybridized carbons (Fsp3) is 0.722. The summed E-state index contributed by atoms with van der Waals surface area (Å²) >= 11 is 0. The highest BCUT2D eigenvalue weighted by atomic mass is 16.5. The second-order valence-electron chi connectivity index (χ2n) is 7.75. The highest BCUT2D eigenvalue weighted by Crippen LogP contribution is 2.61. The van der Waals surface area contributed by atoms with Crippen LogP contribution in [0.2, 0.25) is 0 Å². The summed E-state index contributed by atoms with van der Waals surface area (Å²) in [5.74, 6) is 1.63. The van der Waals surface area contributed by atoms with Gasteiger partial charge in [0.05, 0.1) is 18.5 Å². The maximum absolute atomic E-state index is 12.1. The van der Waals surface area contributed by atoms with E-state index in [0.29, 0.717) is 24.0 Å². The van der Waals surface area contributed by atoms with Gasteiger partial charge in [-0.1, -0.05) is 20.8 Å². The lowest BCUT2D eigenvalue weighted by Crippen LogP contribution is -2.58. The van der Waals surface area contributed by atoms with Crippen LogP contribution in [0.15, 0.2) is 17.1 Å². The second-order valence-corrected chi connectivity index (χ2v) is 7.75. The summed E-state index contributed by atoms with van der Waals surface area (Å²) in [6.07, 6.45) is 4.08. The molecule has 2 bridgehead atoms. The molecule has 24 heavy (non-hydrogen) atoms. The van der Waals surface area contributed by atoms with E-state index in [9.17, 15) is 9.59 Å². The first-order chi connectivity index (χ1) is 11.3. The first kappa shape index (κ1) is 17.0. The standard InChI is InChI=1S/C18H27N3O3/c1-5-24-17(23)10-21-16(22)8-13(9-19-21)20-15-7-12-6-14(11(15)2)18(12,3)4/h8-9,11-12,14-15,20H,5-7,10H2,1-4H3/t11?,12-,14+,15+/m0/s1. The van der Waals surface area contributed by atoms with Gasteiger partial charge in [0.1, 0.15) is 6.54 Å². The predicted octanol–water partition coefficient (Wildman–Crippen LogP) is 2.29. The Balaban J connectivity index is 1.66. The van der Waals surface area contributed by atoms with Gasteiger partial charge in [0.2, 0.25) is 0 Å². The third-order valence-electron chi connectivity index (χ3n) is 6.16. The van der Waals surface area contributed by atoms with E-state index in [1.54, 1.807) is 13.1 Å². The summed E-state index contributed by atoms with van der Waals surface area (Å²) in [6.45, 7) is 8.93. The number of nitrogens with zero attached hydrogens (tertiary/aromatic N) is 2. The number of anilines is 1. The Bertz CT molecular complexity index is 682. The fourth-order valence-corrected chi connectivity index (χ4v) is 4.51. The minimum absolute atomic E-state index is 0.148. The largest absolute Gasteiger partial charge is 0.465 e. The fourth-order valence-electron chi connectivity index (χ4n) is 4.51. The van der Waals surface area contributed by atoms with Crippen LogP contribution in [0.4, 0.5) is 5.69 Å². The highest BCUT2D eigenvalue weighted by molar-refractivity contribution is 5.69. The van der Waals surface area contributed by atoms with Crippen molar-refractivity contribution in [1.82, 2.24) is 9.78 Å². The van der Waals surface area contributed by atoms with E-state index < -0.39 is 5.97 Å². The van der Waals surface area contributed by atoms with Gasteiger partial charge < -0.3 is 10.1 Å². The smallest absolute Gasteiger partial charge is 0.327 e. The second kappa shape index (κ2) is 6.22. The summed E-state index contributed by atoms with van der Waals surface area (Å²) in [6, 6.07) is 1.90. The van der Waals surface area contributed by atoms with Gasteiger partial charge in [-0.2, -0.15) is 5.10 Å². The maximum Gasteiger partial charge on any atom is 0.327 e. The summed E-state index contributed by atoms with van der Waals surface area (Å²) < 4.78 is 5.98. The van der Waals surface area contributed by atoms with Crippen LogP contribution in [-0.4, -0.2) is 28.4 Å². The quantitative estimate of drug-likeness (QED) is 0.837. The van der Waals surface area contributed by atoms with E-state index in [4.69, 9.17) is 4.74 Å². The molecule has 1 aromatic heterocycles. The van der Waals surface area contributed by atoms with Crippen LogP contribution in [-0.2, 0) is 16.1 Å². The number of hydrogen-bond donors (Lipinski definition) is 1. The molecule has 6 nitrogen and oxygen atoms in total. The number of carbonyl (C=O) groups is 1. The third kappa shape index (κ3) is 2.94. The average molecular weight is 333 g/mol. The lowest BCUT2D eigenvalue weighted by molar-refractivity contribution is -0.144. The van der Waals surface area contributed by atoms with Gasteiger partial charge in [-0.25, -0.2) is 4.68 Å². The lowest BCUT2D eigenvalue weighted by Gasteiger charge is -2.62. The number of carbonyl (C=O) groups excluding carboxylic acids is 1. The molecule has 1 heterocycles. The molecule has 0 aromatic carbocycles. The number of rotatable bonds is 5. The highest BCUT2D eigenvalue weighted by Gasteiger charge is 2.56. The minimum atomic E-state index is -0.448. The Hall–Kier alpha value is -1.85. The number of aromatic nitrogens is 2. The lowest BCUT2D eigenvalue weighted by atomic mass is 9.45. The first-order valence-corrected chi connectivity index (χ1v) is 8.82. The van der Waals surface area contributed by atoms with Crippen LogP contribution in [0.1, 0.15) is 40.5 Å². The van der Waals surface area contributed by atoms with Crippen LogP contribution in [0.3, 0.4) is 0 Å². The molecule has 0 spiro atoms. The minimum Gasteiger partial charge on any atom is -0.465 e. The number of ether oxygens (including phenoxy) is 1. The van der Waals surface area contributed by atoms with E-state index >= 15 is 0 Å². The number of hydrogen-bond acceptors (Lipinski definition) is 5. The molecule has 3 aliphatic carbocycles. The average Bonchev–Trinajstić information content (AvgIpc) is 2.51. The van der Waals surface area contributed by atoms with Crippen molar-refractivity contribution >= 4 is 11.7 Å². The zero-order chi connectivity index (χ0) is 17.5. The summed E-state index contributed by atoms with van der Waals surface area (Å²) in [5, 5.41) is 7.57. The van der Waals surface area contributed by atoms with Crippen LogP contribution < -0.4 is 10.9 Å². The Kier molecular flexibility index (Phi) is 4.40. The molecule has 4 atom stereocenters. The summed E-state index contributed by atoms with van der Waals surface area (Å²) in [7, 11) is 0. The van der Waals surface area contributed by atoms with Gasteiger partial charge in [0, 0.05) is 12.1 Å². The number of fused-ring (bicyclic) bond motifs is 2. The molecule has 1 aromatic rings. The van der Waals surface area contributed by atoms with Gasteiger partial charge >= 0.3 is 5.97 Å². The van der Waals surface area contributed by atoms with E-state index in [1.807, 2.05) is 0 Å². The number of esters is 1. The van der Waals surface area contributed by atoms with Crippen LogP contribution >= 0.6 is 0 Å². The maximum atomic E-state index is 12.1. The predicted molar refractivity (Wildman–Crippen MR) is 91.7 cm³/mol. The van der Waals surface area contributed by atoms with E-state index in [0.717, 1.165) is 28.6 Å². The Morgan fingerprint density at radius 2 is 2.21 bits per heavy atom. The van der Waals surface area contributed by atoms with Crippen molar-refractivity contribution in [2.24, 2.45) is 23.2 Å². The van der Waals surface area contributed by atoms with Gasteiger partial charge in [0.25, 0.3) is 5.56 Å². The third-order valence-corrected chi connectivity index (χ3v) is 6.16. The first-order valence-electron chi connectivity index (χ1n) is 8.82. The molecule has 0 aliphatic heterocycles. The van der Waals surface area contributed by atoms with Gasteiger partial charge in [-0.3, -0.25) is 9.59 Å². The Labute approximate surface area is 142 Å². The van der Waals surface area contributed by atoms with Gasteiger partial charge in [-0.15, -0.1) is 0 Å². The molecule has 1 unspecified atom stereocenters. The molecule has 6 heteroatoms. The zero-order valence-corrected chi connectivity index (χ0v) is 14.9. The molecule has 3 aliphatic rings. The van der Waals surface area contributed by atoms with Crippen LogP contribution in [0.25, 0.3) is 0 Å². The normalized spacial score (nSPS) is 30.3. The van der Waals surface area contributed by atoms with Crippen molar-refractivity contribution in [2.45, 2.75) is 53.1 Å². The molecule has 0 amide bonds. The van der Waals surface area contributed by atoms with Crippen molar-refractivity contribution in [3.05, 3.63) is 22.6 Å². The summed E-state index contributed by atoms with van der Waals surface area (Å²) in [5.41, 5.74) is 0.886. The molecule has 4 rings (SSSR count). The molecular formula is C18H27N3O3. The molecule has 3 fully saturated rings. The molecule has 0 radical (unpaired) electrons. The van der Waals surface area contributed by atoms with Gasteiger partial charge in [0.15, 0.2) is 0 Å². The zero-order valence-electron chi connectivity index (χ0n) is 14.9.